The molecule has 0 N–H and O–H groups in total. The van der Waals surface area contributed by atoms with E-state index in [-0.39, 0.29) is 0 Å². The van der Waals surface area contributed by atoms with Gasteiger partial charge in [-0.15, -0.1) is 0 Å². The molecule has 0 rings (SSSR count). The van der Waals surface area contributed by atoms with E-state index in [2.05, 4.69) is 215 Å². The van der Waals surface area contributed by atoms with E-state index in [4.69, 9.17) is 0 Å². The highest BCUT2D eigenvalue weighted by molar-refractivity contribution is 4.64. The van der Waals surface area contributed by atoms with Gasteiger partial charge in [0.25, 0.3) is 0 Å². The molecule has 0 bridgehead atoms. The van der Waals surface area contributed by atoms with E-state index in [1.807, 2.05) is 0 Å². The lowest BCUT2D eigenvalue weighted by Crippen LogP contribution is -2.12. The molecule has 0 aliphatic rings. The quantitative estimate of drug-likeness (QED) is 0.223. The minimum atomic E-state index is 0.500. The monoisotopic (exact) mass is 717 g/mol. The Labute approximate surface area is 328 Å². The van der Waals surface area contributed by atoms with Crippen molar-refractivity contribution in [3.05, 3.63) is 0 Å². The van der Waals surface area contributed by atoms with E-state index >= 15 is 0 Å². The van der Waals surface area contributed by atoms with Gasteiger partial charge in [-0.05, 0) is 88.8 Å². The van der Waals surface area contributed by atoms with Crippen LogP contribution >= 0.6 is 0 Å². The Kier molecular flexibility index (Phi) is 59.1. The Morgan fingerprint density at radius 2 is 0.660 bits per heavy atom. The largest absolute Gasteiger partial charge is 0.0654 e. The van der Waals surface area contributed by atoms with Gasteiger partial charge in [-0.25, -0.2) is 0 Å². The second-order valence-corrected chi connectivity index (χ2v) is 21.5. The van der Waals surface area contributed by atoms with E-state index in [1.165, 1.54) is 38.5 Å². The standard InChI is InChI=1S/C8H18.3C7H16.2C6H14.C5H12.C4H10/c1-7(2)6-8(3,4)5;1-6(2)7(3,4)5;1-6(2)5-7(3)4;1-5-7(4)6(2)3;1-5(2)6(3)4;1-4-5-6(2)3;1-4-5(2)3;1-4(2)3/h7H,6H2,1-5H3;6H,1-5H3;2*6-7H,5H2,1-4H3;5-6H,1-4H3;6H,4-5H2,1-3H3;5H,4H2,1-3H3;4H,1-3H3. The first-order chi connectivity index (χ1) is 22.1. The van der Waals surface area contributed by atoms with Crippen LogP contribution in [0.2, 0.25) is 0 Å². The van der Waals surface area contributed by atoms with Gasteiger partial charge in [0.05, 0.1) is 0 Å². The molecule has 0 saturated heterocycles. The third kappa shape index (κ3) is 118. The van der Waals surface area contributed by atoms with Crippen LogP contribution in [0.25, 0.3) is 0 Å². The summed E-state index contributed by atoms with van der Waals surface area (Å²) in [5.74, 6) is 9.48. The van der Waals surface area contributed by atoms with Crippen molar-refractivity contribution in [3.8, 4) is 0 Å². The van der Waals surface area contributed by atoms with Gasteiger partial charge in [-0.3, -0.25) is 0 Å². The fourth-order valence-electron chi connectivity index (χ4n) is 3.22. The van der Waals surface area contributed by atoms with E-state index in [1.54, 1.807) is 0 Å². The van der Waals surface area contributed by atoms with Gasteiger partial charge in [0.2, 0.25) is 0 Å². The molecule has 0 heteroatoms. The molecule has 0 radical (unpaired) electrons. The molecule has 0 aromatic rings. The Balaban J connectivity index is -0.0000000677. The number of hydrogen-bond donors (Lipinski definition) is 0. The molecule has 0 amide bonds. The summed E-state index contributed by atoms with van der Waals surface area (Å²) in [6, 6.07) is 0. The normalized spacial score (nSPS) is 11.7. The summed E-state index contributed by atoms with van der Waals surface area (Å²) in [4.78, 5) is 0. The van der Waals surface area contributed by atoms with Crippen LogP contribution in [-0.4, -0.2) is 0 Å². The van der Waals surface area contributed by atoms with E-state index in [0.717, 1.165) is 65.1 Å². The molecule has 0 nitrogen and oxygen atoms in total. The van der Waals surface area contributed by atoms with Crippen molar-refractivity contribution in [2.75, 3.05) is 0 Å². The average molecular weight is 717 g/mol. The van der Waals surface area contributed by atoms with E-state index in [0.29, 0.717) is 10.8 Å². The van der Waals surface area contributed by atoms with Crippen LogP contribution in [0.1, 0.15) is 253 Å². The summed E-state index contributed by atoms with van der Waals surface area (Å²) >= 11 is 0. The first kappa shape index (κ1) is 68.1. The van der Waals surface area contributed by atoms with Crippen LogP contribution in [0.4, 0.5) is 0 Å². The van der Waals surface area contributed by atoms with Crippen molar-refractivity contribution in [1.29, 1.82) is 0 Å². The van der Waals surface area contributed by atoms with Crippen molar-refractivity contribution < 1.29 is 0 Å². The number of hydrogen-bond acceptors (Lipinski definition) is 0. The molecule has 0 aromatic carbocycles. The van der Waals surface area contributed by atoms with Crippen LogP contribution in [0.15, 0.2) is 0 Å². The van der Waals surface area contributed by atoms with Gasteiger partial charge >= 0.3 is 0 Å². The van der Waals surface area contributed by atoms with Gasteiger partial charge in [-0.2, -0.15) is 0 Å². The highest BCUT2D eigenvalue weighted by Crippen LogP contribution is 2.24. The molecular weight excluding hydrogens is 601 g/mol. The maximum absolute atomic E-state index is 2.30. The van der Waals surface area contributed by atoms with Crippen LogP contribution in [-0.2, 0) is 0 Å². The second kappa shape index (κ2) is 43.4. The SMILES string of the molecule is CC(C)C.CC(C)C(C)(C)C.CC(C)C(C)C.CC(C)CC(C)(C)C.CC(C)CC(C)C.CCC(C)C.CCC(C)C(C)C.CCCC(C)C. The van der Waals surface area contributed by atoms with E-state index < -0.39 is 0 Å². The van der Waals surface area contributed by atoms with Crippen LogP contribution < -0.4 is 0 Å². The molecule has 0 aliphatic heterocycles. The molecule has 0 fully saturated rings. The van der Waals surface area contributed by atoms with Crippen molar-refractivity contribution in [2.24, 2.45) is 75.9 Å². The highest BCUT2D eigenvalue weighted by Gasteiger charge is 2.13. The fraction of sp³-hybridized carbons (Fsp3) is 1.00. The lowest BCUT2D eigenvalue weighted by molar-refractivity contribution is 0.283. The summed E-state index contributed by atoms with van der Waals surface area (Å²) in [6.45, 7) is 69.6. The molecule has 1 atom stereocenters. The van der Waals surface area contributed by atoms with Gasteiger partial charge in [0.15, 0.2) is 0 Å². The van der Waals surface area contributed by atoms with Crippen LogP contribution in [0, 0.1) is 75.9 Å². The maximum atomic E-state index is 2.30. The first-order valence-electron chi connectivity index (χ1n) is 22.1. The zero-order chi connectivity index (χ0) is 42.6. The summed E-state index contributed by atoms with van der Waals surface area (Å²) in [7, 11) is 0. The van der Waals surface area contributed by atoms with Gasteiger partial charge in [-0.1, -0.05) is 240 Å². The lowest BCUT2D eigenvalue weighted by atomic mass is 9.84. The smallest absolute Gasteiger partial charge is 0.0360 e. The van der Waals surface area contributed by atoms with Gasteiger partial charge < -0.3 is 0 Å². The zero-order valence-electron chi connectivity index (χ0n) is 42.6. The Hall–Kier alpha value is 0. The molecule has 1 unspecified atom stereocenters. The van der Waals surface area contributed by atoms with Crippen molar-refractivity contribution >= 4 is 0 Å². The predicted molar refractivity (Wildman–Crippen MR) is 247 cm³/mol. The number of rotatable bonds is 9. The third-order valence-electron chi connectivity index (χ3n) is 8.49. The summed E-state index contributed by atoms with van der Waals surface area (Å²) < 4.78 is 0. The Morgan fingerprint density at radius 1 is 0.380 bits per heavy atom. The van der Waals surface area contributed by atoms with Gasteiger partial charge in [0, 0.05) is 0 Å². The summed E-state index contributed by atoms with van der Waals surface area (Å²) in [5, 5.41) is 0. The van der Waals surface area contributed by atoms with Crippen molar-refractivity contribution in [1.82, 2.24) is 0 Å². The fourth-order valence-corrected chi connectivity index (χ4v) is 3.22. The molecule has 316 valence electrons. The predicted octanol–water partition coefficient (Wildman–Crippen LogP) is 19.6. The summed E-state index contributed by atoms with van der Waals surface area (Å²) in [5.41, 5.74) is 1.02. The molecule has 0 spiro atoms. The average Bonchev–Trinajstić information content (AvgIpc) is 2.87. The molecule has 0 saturated carbocycles. The molecule has 0 aliphatic carbocycles. The van der Waals surface area contributed by atoms with E-state index in [9.17, 15) is 0 Å². The van der Waals surface area contributed by atoms with Crippen LogP contribution in [0.5, 0.6) is 0 Å². The first-order valence-corrected chi connectivity index (χ1v) is 22.1. The van der Waals surface area contributed by atoms with Gasteiger partial charge in [0.1, 0.15) is 0 Å². The molecular formula is C50H116. The lowest BCUT2D eigenvalue weighted by Gasteiger charge is -2.22. The zero-order valence-corrected chi connectivity index (χ0v) is 42.6. The topological polar surface area (TPSA) is 0 Å². The molecule has 0 aromatic heterocycles. The minimum Gasteiger partial charge on any atom is -0.0654 e. The highest BCUT2D eigenvalue weighted by atomic mass is 14.2. The Bertz CT molecular complexity index is 525. The molecule has 50 heavy (non-hydrogen) atoms. The summed E-state index contributed by atoms with van der Waals surface area (Å²) in [6.07, 6.45) is 8.02. The van der Waals surface area contributed by atoms with Crippen molar-refractivity contribution in [3.63, 3.8) is 0 Å². The maximum Gasteiger partial charge on any atom is -0.0360 e. The second-order valence-electron chi connectivity index (χ2n) is 21.5. The minimum absolute atomic E-state index is 0.500. The third-order valence-corrected chi connectivity index (χ3v) is 8.49. The molecule has 0 heterocycles. The van der Waals surface area contributed by atoms with Crippen molar-refractivity contribution in [2.45, 2.75) is 253 Å². The van der Waals surface area contributed by atoms with Crippen LogP contribution in [0.3, 0.4) is 0 Å². The Morgan fingerprint density at radius 3 is 0.660 bits per heavy atom.